The molecule has 1 fully saturated rings. The summed E-state index contributed by atoms with van der Waals surface area (Å²) in [6.45, 7) is 0. The molecule has 148 valence electrons. The van der Waals surface area contributed by atoms with E-state index in [1.807, 2.05) is 0 Å². The number of hydrogen-bond donors (Lipinski definition) is 1. The zero-order valence-corrected chi connectivity index (χ0v) is 17.4. The predicted octanol–water partition coefficient (Wildman–Crippen LogP) is 3.91. The molecule has 0 unspecified atom stereocenters. The van der Waals surface area contributed by atoms with Crippen molar-refractivity contribution < 1.29 is 9.53 Å². The van der Waals surface area contributed by atoms with E-state index in [-0.39, 0.29) is 11.7 Å². The number of hydrogen-bond acceptors (Lipinski definition) is 6. The van der Waals surface area contributed by atoms with Gasteiger partial charge in [-0.05, 0) is 31.0 Å². The Morgan fingerprint density at radius 2 is 2.18 bits per heavy atom. The van der Waals surface area contributed by atoms with E-state index in [1.54, 1.807) is 37.3 Å². The van der Waals surface area contributed by atoms with Gasteiger partial charge >= 0.3 is 0 Å². The third kappa shape index (κ3) is 4.26. The van der Waals surface area contributed by atoms with E-state index in [9.17, 15) is 10.1 Å². The minimum Gasteiger partial charge on any atom is -0.496 e. The number of amides is 1. The smallest absolute Gasteiger partial charge is 0.234 e. The van der Waals surface area contributed by atoms with Crippen molar-refractivity contribution in [2.75, 3.05) is 19.9 Å². The number of carbonyl (C=O) groups excluding carboxylic acids is 1. The number of carbonyl (C=O) groups is 1. The molecule has 0 saturated heterocycles. The maximum absolute atomic E-state index is 12.7. The SMILES string of the molecule is COc1ccc(Cl)cc1-c1nc(SCC(=O)N(C)C2(C#N)CCCCC2)n[nH]1. The number of benzene rings is 1. The standard InChI is InChI=1S/C19H22ClN5O2S/c1-25(19(12-21)8-4-3-5-9-19)16(26)11-28-18-22-17(23-24-18)14-10-13(20)6-7-15(14)27-2/h6-7,10H,3-5,8-9,11H2,1-2H3,(H,22,23,24). The van der Waals surface area contributed by atoms with E-state index < -0.39 is 5.54 Å². The summed E-state index contributed by atoms with van der Waals surface area (Å²) in [4.78, 5) is 18.7. The fraction of sp³-hybridized carbons (Fsp3) is 0.474. The number of aromatic amines is 1. The summed E-state index contributed by atoms with van der Waals surface area (Å²) in [5.41, 5.74) is 0.0113. The number of aromatic nitrogens is 3. The first kappa shape index (κ1) is 20.5. The highest BCUT2D eigenvalue weighted by atomic mass is 35.5. The van der Waals surface area contributed by atoms with E-state index in [2.05, 4.69) is 21.3 Å². The number of thioether (sulfide) groups is 1. The zero-order valence-electron chi connectivity index (χ0n) is 15.9. The molecule has 0 aliphatic heterocycles. The Labute approximate surface area is 173 Å². The Morgan fingerprint density at radius 3 is 2.86 bits per heavy atom. The number of H-pyrrole nitrogens is 1. The van der Waals surface area contributed by atoms with Crippen molar-refractivity contribution in [3.8, 4) is 23.2 Å². The molecular formula is C19H22ClN5O2S. The van der Waals surface area contributed by atoms with Crippen LogP contribution >= 0.6 is 23.4 Å². The Hall–Kier alpha value is -2.24. The van der Waals surface area contributed by atoms with Crippen LogP contribution in [-0.2, 0) is 4.79 Å². The van der Waals surface area contributed by atoms with Gasteiger partial charge < -0.3 is 9.64 Å². The van der Waals surface area contributed by atoms with E-state index >= 15 is 0 Å². The first-order valence-electron chi connectivity index (χ1n) is 9.06. The van der Waals surface area contributed by atoms with Gasteiger partial charge in [0.15, 0.2) is 5.82 Å². The lowest BCUT2D eigenvalue weighted by atomic mass is 9.81. The van der Waals surface area contributed by atoms with Crippen LogP contribution in [0.4, 0.5) is 0 Å². The minimum atomic E-state index is -0.686. The van der Waals surface area contributed by atoms with Crippen molar-refractivity contribution >= 4 is 29.3 Å². The number of methoxy groups -OCH3 is 1. The van der Waals surface area contributed by atoms with E-state index in [0.29, 0.717) is 27.3 Å². The zero-order chi connectivity index (χ0) is 20.1. The monoisotopic (exact) mass is 419 g/mol. The highest BCUT2D eigenvalue weighted by Gasteiger charge is 2.38. The van der Waals surface area contributed by atoms with Crippen LogP contribution in [0.25, 0.3) is 11.4 Å². The molecule has 7 nitrogen and oxygen atoms in total. The van der Waals surface area contributed by atoms with Crippen molar-refractivity contribution in [1.82, 2.24) is 20.1 Å². The van der Waals surface area contributed by atoms with Gasteiger partial charge in [-0.1, -0.05) is 42.6 Å². The van der Waals surface area contributed by atoms with Crippen molar-refractivity contribution in [2.45, 2.75) is 42.8 Å². The fourth-order valence-electron chi connectivity index (χ4n) is 3.42. The second kappa shape index (κ2) is 8.84. The molecule has 1 aliphatic carbocycles. The summed E-state index contributed by atoms with van der Waals surface area (Å²) in [6.07, 6.45) is 4.53. The van der Waals surface area contributed by atoms with Crippen LogP contribution in [0.15, 0.2) is 23.4 Å². The average Bonchev–Trinajstić information content (AvgIpc) is 3.20. The largest absolute Gasteiger partial charge is 0.496 e. The number of nitrogens with zero attached hydrogens (tertiary/aromatic N) is 4. The molecule has 0 spiro atoms. The molecule has 1 aromatic heterocycles. The second-order valence-electron chi connectivity index (χ2n) is 6.76. The van der Waals surface area contributed by atoms with Crippen LogP contribution < -0.4 is 4.74 Å². The Balaban J connectivity index is 1.67. The first-order valence-corrected chi connectivity index (χ1v) is 10.4. The molecule has 1 saturated carbocycles. The van der Waals surface area contributed by atoms with E-state index in [0.717, 1.165) is 32.1 Å². The van der Waals surface area contributed by atoms with Crippen LogP contribution in [0, 0.1) is 11.3 Å². The number of rotatable bonds is 6. The average molecular weight is 420 g/mol. The van der Waals surface area contributed by atoms with Crippen molar-refractivity contribution in [2.24, 2.45) is 0 Å². The molecule has 9 heteroatoms. The quantitative estimate of drug-likeness (QED) is 0.713. The second-order valence-corrected chi connectivity index (χ2v) is 8.14. The molecular weight excluding hydrogens is 398 g/mol. The molecule has 0 atom stereocenters. The normalized spacial score (nSPS) is 15.6. The van der Waals surface area contributed by atoms with Crippen molar-refractivity contribution in [3.63, 3.8) is 0 Å². The van der Waals surface area contributed by atoms with Gasteiger partial charge in [0.1, 0.15) is 11.3 Å². The number of halogens is 1. The summed E-state index contributed by atoms with van der Waals surface area (Å²) in [6, 6.07) is 7.61. The topological polar surface area (TPSA) is 94.9 Å². The highest BCUT2D eigenvalue weighted by Crippen LogP contribution is 2.34. The molecule has 2 aromatic rings. The summed E-state index contributed by atoms with van der Waals surface area (Å²) in [5.74, 6) is 1.22. The van der Waals surface area contributed by atoms with Crippen molar-refractivity contribution in [1.29, 1.82) is 5.26 Å². The van der Waals surface area contributed by atoms with Gasteiger partial charge in [-0.2, -0.15) is 5.26 Å². The highest BCUT2D eigenvalue weighted by molar-refractivity contribution is 7.99. The summed E-state index contributed by atoms with van der Waals surface area (Å²) in [5, 5.41) is 17.7. The lowest BCUT2D eigenvalue weighted by molar-refractivity contribution is -0.131. The molecule has 0 radical (unpaired) electrons. The summed E-state index contributed by atoms with van der Waals surface area (Å²) < 4.78 is 5.34. The van der Waals surface area contributed by atoms with Gasteiger partial charge in [0.2, 0.25) is 11.1 Å². The maximum Gasteiger partial charge on any atom is 0.234 e. The molecule has 1 aliphatic rings. The maximum atomic E-state index is 12.7. The van der Waals surface area contributed by atoms with Crippen LogP contribution in [-0.4, -0.2) is 51.4 Å². The molecule has 3 rings (SSSR count). The Morgan fingerprint density at radius 1 is 1.43 bits per heavy atom. The molecule has 1 aromatic carbocycles. The predicted molar refractivity (Wildman–Crippen MR) is 108 cm³/mol. The van der Waals surface area contributed by atoms with Gasteiger partial charge in [-0.3, -0.25) is 9.89 Å². The fourth-order valence-corrected chi connectivity index (χ4v) is 4.30. The van der Waals surface area contributed by atoms with Gasteiger partial charge in [0.05, 0.1) is 24.5 Å². The Bertz CT molecular complexity index is 889. The molecule has 28 heavy (non-hydrogen) atoms. The number of nitriles is 1. The first-order chi connectivity index (χ1) is 13.5. The molecule has 1 amide bonds. The van der Waals surface area contributed by atoms with E-state index in [4.69, 9.17) is 16.3 Å². The van der Waals surface area contributed by atoms with Gasteiger partial charge in [-0.25, -0.2) is 4.98 Å². The molecule has 1 N–H and O–H groups in total. The van der Waals surface area contributed by atoms with Crippen LogP contribution in [0.3, 0.4) is 0 Å². The molecule has 1 heterocycles. The lowest BCUT2D eigenvalue weighted by Crippen LogP contribution is -2.50. The minimum absolute atomic E-state index is 0.0971. The third-order valence-electron chi connectivity index (χ3n) is 5.11. The Kier molecular flexibility index (Phi) is 6.47. The third-order valence-corrected chi connectivity index (χ3v) is 6.18. The summed E-state index contributed by atoms with van der Waals surface area (Å²) in [7, 11) is 3.29. The number of nitrogens with one attached hydrogen (secondary N) is 1. The van der Waals surface area contributed by atoms with Crippen LogP contribution in [0.2, 0.25) is 5.02 Å². The van der Waals surface area contributed by atoms with Gasteiger partial charge in [-0.15, -0.1) is 5.10 Å². The van der Waals surface area contributed by atoms with E-state index in [1.165, 1.54) is 11.8 Å². The van der Waals surface area contributed by atoms with Crippen LogP contribution in [0.5, 0.6) is 5.75 Å². The van der Waals surface area contributed by atoms with Gasteiger partial charge in [0, 0.05) is 12.1 Å². The van der Waals surface area contributed by atoms with Crippen molar-refractivity contribution in [3.05, 3.63) is 23.2 Å². The molecule has 0 bridgehead atoms. The van der Waals surface area contributed by atoms with Gasteiger partial charge in [0.25, 0.3) is 0 Å². The lowest BCUT2D eigenvalue weighted by Gasteiger charge is -2.38. The van der Waals surface area contributed by atoms with Crippen LogP contribution in [0.1, 0.15) is 32.1 Å². The summed E-state index contributed by atoms with van der Waals surface area (Å²) >= 11 is 7.30. The number of ether oxygens (including phenoxy) is 1.